The van der Waals surface area contributed by atoms with Crippen LogP contribution in [-0.4, -0.2) is 29.8 Å². The molecule has 1 aromatic heterocycles. The van der Waals surface area contributed by atoms with E-state index in [-0.39, 0.29) is 5.92 Å². The maximum Gasteiger partial charge on any atom is 0.231 e. The van der Waals surface area contributed by atoms with Crippen molar-refractivity contribution in [2.75, 3.05) is 13.7 Å². The van der Waals surface area contributed by atoms with Gasteiger partial charge < -0.3 is 14.6 Å². The fourth-order valence-electron chi connectivity index (χ4n) is 2.23. The predicted octanol–water partition coefficient (Wildman–Crippen LogP) is 2.69. The number of hydrogen-bond acceptors (Lipinski definition) is 5. The predicted molar refractivity (Wildman–Crippen MR) is 75.1 cm³/mol. The first-order valence-electron chi connectivity index (χ1n) is 6.96. The van der Waals surface area contributed by atoms with Gasteiger partial charge in [-0.05, 0) is 33.2 Å². The highest BCUT2D eigenvalue weighted by Crippen LogP contribution is 2.29. The van der Waals surface area contributed by atoms with Crippen molar-refractivity contribution in [2.24, 2.45) is 5.92 Å². The molecule has 0 radical (unpaired) electrons. The van der Waals surface area contributed by atoms with Gasteiger partial charge in [0.1, 0.15) is 5.60 Å². The van der Waals surface area contributed by atoms with Gasteiger partial charge in [0.15, 0.2) is 0 Å². The SMILES string of the molecule is CCNC(C)C(c1nc(C(C)(C)OC)no1)C(C)C. The van der Waals surface area contributed by atoms with Gasteiger partial charge in [-0.1, -0.05) is 25.9 Å². The Morgan fingerprint density at radius 3 is 2.42 bits per heavy atom. The molecule has 0 saturated heterocycles. The van der Waals surface area contributed by atoms with E-state index in [1.54, 1.807) is 7.11 Å². The monoisotopic (exact) mass is 269 g/mol. The molecule has 1 rings (SSSR count). The molecular weight excluding hydrogens is 242 g/mol. The number of methoxy groups -OCH3 is 1. The second-order valence-electron chi connectivity index (χ2n) is 5.79. The van der Waals surface area contributed by atoms with Crippen LogP contribution in [0.3, 0.4) is 0 Å². The van der Waals surface area contributed by atoms with Crippen LogP contribution in [0.5, 0.6) is 0 Å². The molecule has 19 heavy (non-hydrogen) atoms. The smallest absolute Gasteiger partial charge is 0.231 e. The highest BCUT2D eigenvalue weighted by molar-refractivity contribution is 5.04. The van der Waals surface area contributed by atoms with E-state index in [9.17, 15) is 0 Å². The van der Waals surface area contributed by atoms with Crippen molar-refractivity contribution < 1.29 is 9.26 Å². The Balaban J connectivity index is 2.99. The number of likely N-dealkylation sites (N-methyl/N-ethyl adjacent to an activating group) is 1. The molecule has 2 atom stereocenters. The first-order chi connectivity index (χ1) is 8.83. The summed E-state index contributed by atoms with van der Waals surface area (Å²) in [6.45, 7) is 13.4. The molecular formula is C14H27N3O2. The van der Waals surface area contributed by atoms with Crippen molar-refractivity contribution in [3.8, 4) is 0 Å². The summed E-state index contributed by atoms with van der Waals surface area (Å²) in [5.41, 5.74) is -0.523. The molecule has 110 valence electrons. The van der Waals surface area contributed by atoms with Crippen LogP contribution >= 0.6 is 0 Å². The van der Waals surface area contributed by atoms with E-state index in [0.717, 1.165) is 6.54 Å². The lowest BCUT2D eigenvalue weighted by Crippen LogP contribution is -2.34. The number of ether oxygens (including phenoxy) is 1. The topological polar surface area (TPSA) is 60.2 Å². The molecule has 0 aliphatic rings. The van der Waals surface area contributed by atoms with E-state index < -0.39 is 5.60 Å². The lowest BCUT2D eigenvalue weighted by molar-refractivity contribution is 0.00973. The fourth-order valence-corrected chi connectivity index (χ4v) is 2.23. The maximum absolute atomic E-state index is 5.46. The Bertz CT molecular complexity index is 388. The summed E-state index contributed by atoms with van der Waals surface area (Å²) in [5.74, 6) is 1.91. The van der Waals surface area contributed by atoms with E-state index >= 15 is 0 Å². The summed E-state index contributed by atoms with van der Waals surface area (Å²) in [6.07, 6.45) is 0. The zero-order valence-corrected chi connectivity index (χ0v) is 13.2. The van der Waals surface area contributed by atoms with Gasteiger partial charge in [0.2, 0.25) is 11.7 Å². The number of nitrogens with zero attached hydrogens (tertiary/aromatic N) is 2. The number of nitrogens with one attached hydrogen (secondary N) is 1. The third kappa shape index (κ3) is 3.76. The minimum Gasteiger partial charge on any atom is -0.371 e. The average Bonchev–Trinajstić information content (AvgIpc) is 2.79. The Hall–Kier alpha value is -0.940. The average molecular weight is 269 g/mol. The summed E-state index contributed by atoms with van der Waals surface area (Å²) < 4.78 is 10.8. The molecule has 2 unspecified atom stereocenters. The molecule has 5 heteroatoms. The molecule has 5 nitrogen and oxygen atoms in total. The Morgan fingerprint density at radius 1 is 1.32 bits per heavy atom. The minimum atomic E-state index is -0.523. The molecule has 0 spiro atoms. The first-order valence-corrected chi connectivity index (χ1v) is 6.96. The lowest BCUT2D eigenvalue weighted by atomic mass is 9.89. The van der Waals surface area contributed by atoms with Crippen LogP contribution < -0.4 is 5.32 Å². The van der Waals surface area contributed by atoms with Crippen LogP contribution in [-0.2, 0) is 10.3 Å². The van der Waals surface area contributed by atoms with Crippen LogP contribution in [0, 0.1) is 5.92 Å². The first kappa shape index (κ1) is 16.1. The lowest BCUT2D eigenvalue weighted by Gasteiger charge is -2.24. The van der Waals surface area contributed by atoms with Crippen LogP contribution in [0.25, 0.3) is 0 Å². The second kappa shape index (κ2) is 6.48. The van der Waals surface area contributed by atoms with E-state index in [4.69, 9.17) is 9.26 Å². The third-order valence-corrected chi connectivity index (χ3v) is 3.56. The van der Waals surface area contributed by atoms with Crippen molar-refractivity contribution in [3.05, 3.63) is 11.7 Å². The Labute approximate surface area is 116 Å². The molecule has 0 bridgehead atoms. The van der Waals surface area contributed by atoms with Crippen LogP contribution in [0.15, 0.2) is 4.52 Å². The van der Waals surface area contributed by atoms with E-state index in [1.165, 1.54) is 0 Å². The van der Waals surface area contributed by atoms with E-state index in [0.29, 0.717) is 23.7 Å². The summed E-state index contributed by atoms with van der Waals surface area (Å²) in [7, 11) is 1.65. The highest BCUT2D eigenvalue weighted by Gasteiger charge is 2.32. The highest BCUT2D eigenvalue weighted by atomic mass is 16.5. The van der Waals surface area contributed by atoms with Gasteiger partial charge >= 0.3 is 0 Å². The zero-order chi connectivity index (χ0) is 14.6. The molecule has 0 aliphatic heterocycles. The van der Waals surface area contributed by atoms with Gasteiger partial charge in [0.05, 0.1) is 5.92 Å². The van der Waals surface area contributed by atoms with E-state index in [2.05, 4.69) is 43.2 Å². The van der Waals surface area contributed by atoms with Gasteiger partial charge in [0, 0.05) is 13.2 Å². The molecule has 0 aliphatic carbocycles. The molecule has 0 fully saturated rings. The molecule has 1 N–H and O–H groups in total. The number of aromatic nitrogens is 2. The maximum atomic E-state index is 5.46. The van der Waals surface area contributed by atoms with Gasteiger partial charge in [-0.2, -0.15) is 4.98 Å². The van der Waals surface area contributed by atoms with Crippen molar-refractivity contribution >= 4 is 0 Å². The minimum absolute atomic E-state index is 0.203. The summed E-state index contributed by atoms with van der Waals surface area (Å²) in [4.78, 5) is 4.53. The standard InChI is InChI=1S/C14H27N3O2/c1-8-15-10(4)11(9(2)3)12-16-13(17-19-12)14(5,6)18-7/h9-11,15H,8H2,1-7H3. The van der Waals surface area contributed by atoms with Gasteiger partial charge in [-0.3, -0.25) is 0 Å². The molecule has 1 heterocycles. The van der Waals surface area contributed by atoms with Crippen molar-refractivity contribution in [1.29, 1.82) is 0 Å². The Kier molecular flexibility index (Phi) is 5.50. The molecule has 0 aromatic carbocycles. The second-order valence-corrected chi connectivity index (χ2v) is 5.79. The normalized spacial score (nSPS) is 15.8. The van der Waals surface area contributed by atoms with Crippen LogP contribution in [0.1, 0.15) is 59.2 Å². The molecule has 0 amide bonds. The Morgan fingerprint density at radius 2 is 1.95 bits per heavy atom. The quantitative estimate of drug-likeness (QED) is 0.824. The summed E-state index contributed by atoms with van der Waals surface area (Å²) >= 11 is 0. The van der Waals surface area contributed by atoms with Gasteiger partial charge in [0.25, 0.3) is 0 Å². The van der Waals surface area contributed by atoms with Crippen molar-refractivity contribution in [1.82, 2.24) is 15.5 Å². The fraction of sp³-hybridized carbons (Fsp3) is 0.857. The van der Waals surface area contributed by atoms with Crippen molar-refractivity contribution in [2.45, 2.75) is 59.1 Å². The zero-order valence-electron chi connectivity index (χ0n) is 13.2. The summed E-state index contributed by atoms with van der Waals surface area (Å²) in [5, 5.41) is 7.49. The van der Waals surface area contributed by atoms with Gasteiger partial charge in [-0.25, -0.2) is 0 Å². The van der Waals surface area contributed by atoms with Crippen LogP contribution in [0.4, 0.5) is 0 Å². The van der Waals surface area contributed by atoms with Gasteiger partial charge in [-0.15, -0.1) is 0 Å². The number of hydrogen-bond donors (Lipinski definition) is 1. The summed E-state index contributed by atoms with van der Waals surface area (Å²) in [6, 6.07) is 0.295. The van der Waals surface area contributed by atoms with E-state index in [1.807, 2.05) is 13.8 Å². The molecule has 1 aromatic rings. The van der Waals surface area contributed by atoms with Crippen molar-refractivity contribution in [3.63, 3.8) is 0 Å². The largest absolute Gasteiger partial charge is 0.371 e. The van der Waals surface area contributed by atoms with Crippen LogP contribution in [0.2, 0.25) is 0 Å². The third-order valence-electron chi connectivity index (χ3n) is 3.56. The number of rotatable bonds is 7. The molecule has 0 saturated carbocycles.